The second kappa shape index (κ2) is 8.45. The summed E-state index contributed by atoms with van der Waals surface area (Å²) in [5.41, 5.74) is 3.63. The van der Waals surface area contributed by atoms with Crippen molar-refractivity contribution in [1.82, 2.24) is 14.9 Å². The van der Waals surface area contributed by atoms with Gasteiger partial charge in [0.2, 0.25) is 0 Å². The molecule has 2 aromatic carbocycles. The van der Waals surface area contributed by atoms with Crippen LogP contribution < -0.4 is 5.32 Å². The highest BCUT2D eigenvalue weighted by Gasteiger charge is 2.14. The Hall–Kier alpha value is -3.21. The Labute approximate surface area is 160 Å². The van der Waals surface area contributed by atoms with Gasteiger partial charge in [-0.1, -0.05) is 56.3 Å². The largest absolute Gasteiger partial charge is 0.339 e. The number of nitrogens with zero attached hydrogens (tertiary/aromatic N) is 3. The molecule has 27 heavy (non-hydrogen) atoms. The zero-order valence-corrected chi connectivity index (χ0v) is 15.9. The molecular weight excluding hydrogens is 336 g/mol. The zero-order chi connectivity index (χ0) is 19.2. The van der Waals surface area contributed by atoms with E-state index in [9.17, 15) is 4.79 Å². The number of anilines is 2. The van der Waals surface area contributed by atoms with Gasteiger partial charge in [0.15, 0.2) is 0 Å². The number of amides is 1. The normalized spacial score (nSPS) is 10.7. The van der Waals surface area contributed by atoms with Gasteiger partial charge in [0.25, 0.3) is 5.91 Å². The number of rotatable bonds is 6. The summed E-state index contributed by atoms with van der Waals surface area (Å²) < 4.78 is 0. The van der Waals surface area contributed by atoms with Gasteiger partial charge in [-0.3, -0.25) is 4.79 Å². The molecule has 3 rings (SSSR count). The lowest BCUT2D eigenvalue weighted by Crippen LogP contribution is -2.27. The molecule has 1 aromatic heterocycles. The minimum atomic E-state index is -0.154. The van der Waals surface area contributed by atoms with E-state index in [-0.39, 0.29) is 5.91 Å². The molecule has 0 atom stereocenters. The molecule has 5 nitrogen and oxygen atoms in total. The highest BCUT2D eigenvalue weighted by molar-refractivity contribution is 5.91. The first-order chi connectivity index (χ1) is 13.0. The van der Waals surface area contributed by atoms with Crippen LogP contribution in [0.2, 0.25) is 0 Å². The average Bonchev–Trinajstić information content (AvgIpc) is 2.69. The Kier molecular flexibility index (Phi) is 5.81. The minimum absolute atomic E-state index is 0.154. The molecule has 1 heterocycles. The second-order valence-electron chi connectivity index (χ2n) is 6.84. The number of carbonyl (C=O) groups is 1. The summed E-state index contributed by atoms with van der Waals surface area (Å²) in [4.78, 5) is 22.7. The molecule has 0 aliphatic rings. The van der Waals surface area contributed by atoms with Crippen molar-refractivity contribution < 1.29 is 4.79 Å². The van der Waals surface area contributed by atoms with E-state index in [1.807, 2.05) is 42.5 Å². The fourth-order valence-electron chi connectivity index (χ4n) is 2.73. The summed E-state index contributed by atoms with van der Waals surface area (Å²) in [7, 11) is 1.76. The number of benzene rings is 2. The summed E-state index contributed by atoms with van der Waals surface area (Å²) >= 11 is 0. The number of hydrogen-bond acceptors (Lipinski definition) is 4. The van der Waals surface area contributed by atoms with Gasteiger partial charge in [-0.2, -0.15) is 0 Å². The van der Waals surface area contributed by atoms with Crippen LogP contribution in [0.15, 0.2) is 67.0 Å². The Bertz CT molecular complexity index is 874. The van der Waals surface area contributed by atoms with E-state index in [1.165, 1.54) is 11.8 Å². The van der Waals surface area contributed by atoms with Crippen molar-refractivity contribution in [2.24, 2.45) is 0 Å². The quantitative estimate of drug-likeness (QED) is 0.697. The van der Waals surface area contributed by atoms with Crippen LogP contribution in [0.5, 0.6) is 0 Å². The molecule has 5 heteroatoms. The monoisotopic (exact) mass is 360 g/mol. The maximum Gasteiger partial charge on any atom is 0.274 e. The Balaban J connectivity index is 1.63. The smallest absolute Gasteiger partial charge is 0.274 e. The highest BCUT2D eigenvalue weighted by Crippen LogP contribution is 2.19. The van der Waals surface area contributed by atoms with Crippen LogP contribution in [0.3, 0.4) is 0 Å². The predicted molar refractivity (Wildman–Crippen MR) is 108 cm³/mol. The van der Waals surface area contributed by atoms with E-state index in [4.69, 9.17) is 0 Å². The molecule has 0 fully saturated rings. The Morgan fingerprint density at radius 2 is 1.70 bits per heavy atom. The molecule has 0 bridgehead atoms. The molecule has 0 saturated carbocycles. The lowest BCUT2D eigenvalue weighted by atomic mass is 10.0. The van der Waals surface area contributed by atoms with Crippen LogP contribution in [0.25, 0.3) is 0 Å². The van der Waals surface area contributed by atoms with Gasteiger partial charge in [-0.15, -0.1) is 0 Å². The number of hydrogen-bond donors (Lipinski definition) is 1. The van der Waals surface area contributed by atoms with Crippen molar-refractivity contribution in [3.8, 4) is 0 Å². The van der Waals surface area contributed by atoms with Gasteiger partial charge in [0.1, 0.15) is 11.5 Å². The highest BCUT2D eigenvalue weighted by atomic mass is 16.2. The van der Waals surface area contributed by atoms with Gasteiger partial charge in [-0.25, -0.2) is 9.97 Å². The first-order valence-corrected chi connectivity index (χ1v) is 9.01. The van der Waals surface area contributed by atoms with Crippen LogP contribution in [-0.4, -0.2) is 27.8 Å². The van der Waals surface area contributed by atoms with Gasteiger partial charge in [0.05, 0.1) is 12.4 Å². The van der Waals surface area contributed by atoms with Gasteiger partial charge >= 0.3 is 0 Å². The molecule has 1 N–H and O–H groups in total. The van der Waals surface area contributed by atoms with Gasteiger partial charge in [0, 0.05) is 19.3 Å². The van der Waals surface area contributed by atoms with Crippen molar-refractivity contribution in [3.05, 3.63) is 83.8 Å². The summed E-state index contributed by atoms with van der Waals surface area (Å²) in [5, 5.41) is 3.21. The summed E-state index contributed by atoms with van der Waals surface area (Å²) in [5.74, 6) is 0.950. The maximum absolute atomic E-state index is 12.5. The van der Waals surface area contributed by atoms with Crippen molar-refractivity contribution in [2.75, 3.05) is 12.4 Å². The minimum Gasteiger partial charge on any atom is -0.339 e. The van der Waals surface area contributed by atoms with Crippen LogP contribution in [0.1, 0.15) is 41.4 Å². The summed E-state index contributed by atoms with van der Waals surface area (Å²) in [6, 6.07) is 18.1. The van der Waals surface area contributed by atoms with E-state index in [2.05, 4.69) is 41.3 Å². The third kappa shape index (κ3) is 4.91. The van der Waals surface area contributed by atoms with E-state index in [0.29, 0.717) is 24.0 Å². The average molecular weight is 360 g/mol. The van der Waals surface area contributed by atoms with E-state index >= 15 is 0 Å². The fraction of sp³-hybridized carbons (Fsp3) is 0.227. The topological polar surface area (TPSA) is 58.1 Å². The molecular formula is C22H24N4O. The molecule has 0 radical (unpaired) electrons. The first-order valence-electron chi connectivity index (χ1n) is 9.01. The number of nitrogens with one attached hydrogen (secondary N) is 1. The zero-order valence-electron chi connectivity index (χ0n) is 15.9. The Morgan fingerprint density at radius 1 is 1.00 bits per heavy atom. The SMILES string of the molecule is CC(C)c1ccc(Nc2cnc(C(=O)N(C)Cc3ccccc3)cn2)cc1. The fourth-order valence-corrected chi connectivity index (χ4v) is 2.73. The molecule has 3 aromatic rings. The molecule has 0 aliphatic heterocycles. The second-order valence-corrected chi connectivity index (χ2v) is 6.84. The summed E-state index contributed by atoms with van der Waals surface area (Å²) in [6.45, 7) is 4.86. The van der Waals surface area contributed by atoms with Crippen molar-refractivity contribution >= 4 is 17.4 Å². The van der Waals surface area contributed by atoms with Crippen molar-refractivity contribution in [2.45, 2.75) is 26.3 Å². The lowest BCUT2D eigenvalue weighted by Gasteiger charge is -2.16. The summed E-state index contributed by atoms with van der Waals surface area (Å²) in [6.07, 6.45) is 3.09. The standard InChI is InChI=1S/C22H24N4O/c1-16(2)18-9-11-19(12-10-18)25-21-14-23-20(13-24-21)22(27)26(3)15-17-7-5-4-6-8-17/h4-14,16H,15H2,1-3H3,(H,24,25). The van der Waals surface area contributed by atoms with E-state index < -0.39 is 0 Å². The van der Waals surface area contributed by atoms with E-state index in [1.54, 1.807) is 18.1 Å². The third-order valence-electron chi connectivity index (χ3n) is 4.33. The molecule has 138 valence electrons. The first kappa shape index (κ1) is 18.6. The van der Waals surface area contributed by atoms with Gasteiger partial charge < -0.3 is 10.2 Å². The molecule has 0 spiro atoms. The van der Waals surface area contributed by atoms with Crippen LogP contribution in [-0.2, 0) is 6.54 Å². The molecule has 0 aliphatic carbocycles. The lowest BCUT2D eigenvalue weighted by molar-refractivity contribution is 0.0779. The Morgan fingerprint density at radius 3 is 2.30 bits per heavy atom. The van der Waals surface area contributed by atoms with Crippen LogP contribution in [0, 0.1) is 0 Å². The van der Waals surface area contributed by atoms with Gasteiger partial charge in [-0.05, 0) is 29.2 Å². The third-order valence-corrected chi connectivity index (χ3v) is 4.33. The van der Waals surface area contributed by atoms with Crippen LogP contribution in [0.4, 0.5) is 11.5 Å². The molecule has 1 amide bonds. The van der Waals surface area contributed by atoms with E-state index in [0.717, 1.165) is 11.3 Å². The van der Waals surface area contributed by atoms with Crippen molar-refractivity contribution in [3.63, 3.8) is 0 Å². The molecule has 0 unspecified atom stereocenters. The van der Waals surface area contributed by atoms with Crippen molar-refractivity contribution in [1.29, 1.82) is 0 Å². The molecule has 0 saturated heterocycles. The number of aromatic nitrogens is 2. The van der Waals surface area contributed by atoms with Crippen LogP contribution >= 0.6 is 0 Å². The maximum atomic E-state index is 12.5. The predicted octanol–water partition coefficient (Wildman–Crippen LogP) is 4.62. The number of carbonyl (C=O) groups excluding carboxylic acids is 1.